The SMILES string of the molecule is CCCOc1cn(-c2ccccc2)nc1C(=O)N1CC[C@@H](N)C1. The molecular weight excluding hydrogens is 292 g/mol. The Labute approximate surface area is 135 Å². The van der Waals surface area contributed by atoms with Crippen LogP contribution in [-0.2, 0) is 0 Å². The van der Waals surface area contributed by atoms with E-state index in [1.54, 1.807) is 15.8 Å². The van der Waals surface area contributed by atoms with Crippen molar-refractivity contribution in [1.29, 1.82) is 0 Å². The van der Waals surface area contributed by atoms with Gasteiger partial charge in [-0.2, -0.15) is 5.10 Å². The number of amides is 1. The molecule has 1 atom stereocenters. The smallest absolute Gasteiger partial charge is 0.278 e. The van der Waals surface area contributed by atoms with E-state index in [1.807, 2.05) is 37.3 Å². The van der Waals surface area contributed by atoms with Crippen LogP contribution >= 0.6 is 0 Å². The minimum absolute atomic E-state index is 0.0511. The van der Waals surface area contributed by atoms with Gasteiger partial charge < -0.3 is 15.4 Å². The molecule has 0 radical (unpaired) electrons. The van der Waals surface area contributed by atoms with Gasteiger partial charge in [0, 0.05) is 19.1 Å². The van der Waals surface area contributed by atoms with Crippen molar-refractivity contribution in [2.45, 2.75) is 25.8 Å². The fourth-order valence-electron chi connectivity index (χ4n) is 2.66. The first-order chi connectivity index (χ1) is 11.2. The third-order valence-corrected chi connectivity index (χ3v) is 3.88. The maximum Gasteiger partial charge on any atom is 0.278 e. The third kappa shape index (κ3) is 3.37. The molecule has 6 nitrogen and oxygen atoms in total. The number of hydrogen-bond acceptors (Lipinski definition) is 4. The lowest BCUT2D eigenvalue weighted by Crippen LogP contribution is -2.32. The zero-order chi connectivity index (χ0) is 16.2. The average molecular weight is 314 g/mol. The number of carbonyl (C=O) groups excluding carboxylic acids is 1. The molecule has 2 heterocycles. The second-order valence-corrected chi connectivity index (χ2v) is 5.77. The predicted octanol–water partition coefficient (Wildman–Crippen LogP) is 1.83. The number of nitrogens with zero attached hydrogens (tertiary/aromatic N) is 3. The van der Waals surface area contributed by atoms with Crippen molar-refractivity contribution in [2.75, 3.05) is 19.7 Å². The molecular formula is C17H22N4O2. The van der Waals surface area contributed by atoms with Crippen LogP contribution in [0.1, 0.15) is 30.3 Å². The van der Waals surface area contributed by atoms with Crippen molar-refractivity contribution in [3.05, 3.63) is 42.2 Å². The molecule has 23 heavy (non-hydrogen) atoms. The summed E-state index contributed by atoms with van der Waals surface area (Å²) in [5.41, 5.74) is 7.16. The fraction of sp³-hybridized carbons (Fsp3) is 0.412. The van der Waals surface area contributed by atoms with E-state index in [2.05, 4.69) is 5.10 Å². The maximum atomic E-state index is 12.7. The molecule has 0 saturated carbocycles. The van der Waals surface area contributed by atoms with E-state index < -0.39 is 0 Å². The van der Waals surface area contributed by atoms with Crippen molar-refractivity contribution in [3.63, 3.8) is 0 Å². The first-order valence-electron chi connectivity index (χ1n) is 8.01. The number of nitrogens with two attached hydrogens (primary N) is 1. The third-order valence-electron chi connectivity index (χ3n) is 3.88. The van der Waals surface area contributed by atoms with Crippen molar-refractivity contribution in [1.82, 2.24) is 14.7 Å². The predicted molar refractivity (Wildman–Crippen MR) is 87.8 cm³/mol. The Bertz CT molecular complexity index is 668. The summed E-state index contributed by atoms with van der Waals surface area (Å²) in [5.74, 6) is 0.417. The molecule has 1 aliphatic rings. The highest BCUT2D eigenvalue weighted by Gasteiger charge is 2.29. The van der Waals surface area contributed by atoms with Crippen LogP contribution in [0.25, 0.3) is 5.69 Å². The van der Waals surface area contributed by atoms with Crippen LogP contribution in [0.3, 0.4) is 0 Å². The maximum absolute atomic E-state index is 12.7. The molecule has 2 aromatic rings. The van der Waals surface area contributed by atoms with Gasteiger partial charge in [-0.15, -0.1) is 0 Å². The van der Waals surface area contributed by atoms with E-state index >= 15 is 0 Å². The number of carbonyl (C=O) groups is 1. The minimum atomic E-state index is -0.112. The summed E-state index contributed by atoms with van der Waals surface area (Å²) in [6.07, 6.45) is 3.48. The van der Waals surface area contributed by atoms with Crippen molar-refractivity contribution in [2.24, 2.45) is 5.73 Å². The Morgan fingerprint density at radius 1 is 1.39 bits per heavy atom. The fourth-order valence-corrected chi connectivity index (χ4v) is 2.66. The summed E-state index contributed by atoms with van der Waals surface area (Å²) < 4.78 is 7.42. The summed E-state index contributed by atoms with van der Waals surface area (Å²) in [5, 5.41) is 4.46. The molecule has 0 bridgehead atoms. The van der Waals surface area contributed by atoms with Crippen molar-refractivity contribution >= 4 is 5.91 Å². The molecule has 0 unspecified atom stereocenters. The van der Waals surface area contributed by atoms with Gasteiger partial charge in [0.15, 0.2) is 11.4 Å². The van der Waals surface area contributed by atoms with Crippen molar-refractivity contribution < 1.29 is 9.53 Å². The lowest BCUT2D eigenvalue weighted by molar-refractivity contribution is 0.0780. The van der Waals surface area contributed by atoms with Gasteiger partial charge in [0.05, 0.1) is 18.5 Å². The Hall–Kier alpha value is -2.34. The van der Waals surface area contributed by atoms with Gasteiger partial charge in [0.2, 0.25) is 0 Å². The van der Waals surface area contributed by atoms with E-state index in [-0.39, 0.29) is 11.9 Å². The Kier molecular flexibility index (Phi) is 4.62. The van der Waals surface area contributed by atoms with Crippen molar-refractivity contribution in [3.8, 4) is 11.4 Å². The van der Waals surface area contributed by atoms with Gasteiger partial charge in [-0.25, -0.2) is 4.68 Å². The summed E-state index contributed by atoms with van der Waals surface area (Å²) in [6, 6.07) is 9.75. The molecule has 6 heteroatoms. The Morgan fingerprint density at radius 3 is 2.83 bits per heavy atom. The highest BCUT2D eigenvalue weighted by molar-refractivity contribution is 5.95. The topological polar surface area (TPSA) is 73.4 Å². The average Bonchev–Trinajstić information content (AvgIpc) is 3.19. The molecule has 0 spiro atoms. The van der Waals surface area contributed by atoms with E-state index in [1.165, 1.54) is 0 Å². The summed E-state index contributed by atoms with van der Waals surface area (Å²) in [4.78, 5) is 14.5. The number of para-hydroxylation sites is 1. The second kappa shape index (κ2) is 6.83. The summed E-state index contributed by atoms with van der Waals surface area (Å²) in [6.45, 7) is 3.83. The summed E-state index contributed by atoms with van der Waals surface area (Å²) in [7, 11) is 0. The lowest BCUT2D eigenvalue weighted by Gasteiger charge is -2.15. The van der Waals surface area contributed by atoms with Gasteiger partial charge in [-0.05, 0) is 25.0 Å². The van der Waals surface area contributed by atoms with E-state index in [0.29, 0.717) is 31.1 Å². The summed E-state index contributed by atoms with van der Waals surface area (Å²) >= 11 is 0. The van der Waals surface area contributed by atoms with Gasteiger partial charge in [0.25, 0.3) is 5.91 Å². The minimum Gasteiger partial charge on any atom is -0.489 e. The Morgan fingerprint density at radius 2 is 2.17 bits per heavy atom. The number of aromatic nitrogens is 2. The number of hydrogen-bond donors (Lipinski definition) is 1. The van der Waals surface area contributed by atoms with Gasteiger partial charge in [0.1, 0.15) is 0 Å². The van der Waals surface area contributed by atoms with Crippen LogP contribution in [0.15, 0.2) is 36.5 Å². The van der Waals surface area contributed by atoms with Crippen LogP contribution in [0.4, 0.5) is 0 Å². The standard InChI is InChI=1S/C17H22N4O2/c1-2-10-23-15-12-21(14-6-4-3-5-7-14)19-16(15)17(22)20-9-8-13(18)11-20/h3-7,12-13H,2,8-11,18H2,1H3/t13-/m1/s1. The molecule has 1 saturated heterocycles. The number of benzene rings is 1. The highest BCUT2D eigenvalue weighted by Crippen LogP contribution is 2.23. The van der Waals surface area contributed by atoms with Gasteiger partial charge in [-0.3, -0.25) is 4.79 Å². The van der Waals surface area contributed by atoms with Crippen LogP contribution < -0.4 is 10.5 Å². The molecule has 3 rings (SSSR count). The molecule has 1 fully saturated rings. The van der Waals surface area contributed by atoms with Crippen LogP contribution in [0.5, 0.6) is 5.75 Å². The molecule has 1 aliphatic heterocycles. The number of ether oxygens (including phenoxy) is 1. The monoisotopic (exact) mass is 314 g/mol. The largest absolute Gasteiger partial charge is 0.489 e. The lowest BCUT2D eigenvalue weighted by atomic mass is 10.3. The Balaban J connectivity index is 1.90. The zero-order valence-electron chi connectivity index (χ0n) is 13.3. The van der Waals surface area contributed by atoms with E-state index in [4.69, 9.17) is 10.5 Å². The molecule has 2 N–H and O–H groups in total. The van der Waals surface area contributed by atoms with Crippen LogP contribution in [0.2, 0.25) is 0 Å². The molecule has 0 aliphatic carbocycles. The second-order valence-electron chi connectivity index (χ2n) is 5.77. The number of rotatable bonds is 5. The normalized spacial score (nSPS) is 17.5. The van der Waals surface area contributed by atoms with E-state index in [0.717, 1.165) is 18.5 Å². The molecule has 1 amide bonds. The molecule has 1 aromatic carbocycles. The first kappa shape index (κ1) is 15.6. The van der Waals surface area contributed by atoms with Crippen LogP contribution in [0, 0.1) is 0 Å². The molecule has 122 valence electrons. The molecule has 1 aromatic heterocycles. The highest BCUT2D eigenvalue weighted by atomic mass is 16.5. The quantitative estimate of drug-likeness (QED) is 0.914. The van der Waals surface area contributed by atoms with Gasteiger partial charge >= 0.3 is 0 Å². The van der Waals surface area contributed by atoms with Gasteiger partial charge in [-0.1, -0.05) is 25.1 Å². The number of likely N-dealkylation sites (tertiary alicyclic amines) is 1. The zero-order valence-corrected chi connectivity index (χ0v) is 13.3. The first-order valence-corrected chi connectivity index (χ1v) is 8.01. The van der Waals surface area contributed by atoms with E-state index in [9.17, 15) is 4.79 Å². The van der Waals surface area contributed by atoms with Crippen LogP contribution in [-0.4, -0.2) is 46.3 Å².